The summed E-state index contributed by atoms with van der Waals surface area (Å²) in [6.45, 7) is 1.75. The predicted octanol–water partition coefficient (Wildman–Crippen LogP) is 2.62. The van der Waals surface area contributed by atoms with Crippen LogP contribution in [-0.2, 0) is 6.18 Å². The van der Waals surface area contributed by atoms with Gasteiger partial charge < -0.3 is 15.0 Å². The quantitative estimate of drug-likeness (QED) is 0.928. The Bertz CT molecular complexity index is 457. The van der Waals surface area contributed by atoms with Crippen molar-refractivity contribution in [3.8, 4) is 5.88 Å². The Morgan fingerprint density at radius 2 is 1.95 bits per heavy atom. The van der Waals surface area contributed by atoms with Crippen molar-refractivity contribution in [1.82, 2.24) is 9.88 Å². The van der Waals surface area contributed by atoms with E-state index < -0.39 is 11.7 Å². The number of aromatic nitrogens is 1. The number of pyridine rings is 1. The molecule has 1 aliphatic heterocycles. The molecule has 20 heavy (non-hydrogen) atoms. The minimum Gasteiger partial charge on any atom is -0.474 e. The van der Waals surface area contributed by atoms with Crippen LogP contribution >= 0.6 is 0 Å². The fraction of sp³-hybridized carbons (Fsp3) is 0.615. The molecule has 0 bridgehead atoms. The number of alkyl halides is 3. The van der Waals surface area contributed by atoms with Crippen LogP contribution in [0, 0.1) is 0 Å². The van der Waals surface area contributed by atoms with E-state index in [-0.39, 0.29) is 17.8 Å². The molecule has 1 aliphatic rings. The van der Waals surface area contributed by atoms with Crippen molar-refractivity contribution < 1.29 is 17.9 Å². The third-order valence-corrected chi connectivity index (χ3v) is 3.34. The highest BCUT2D eigenvalue weighted by Gasteiger charge is 2.32. The highest BCUT2D eigenvalue weighted by molar-refractivity contribution is 5.42. The molecular weight excluding hydrogens is 271 g/mol. The SMILES string of the molecule is CNc1cc(C(F)(F)F)cc(OC2CCN(C)CC2)n1. The van der Waals surface area contributed by atoms with Gasteiger partial charge in [-0.3, -0.25) is 0 Å². The molecule has 1 aromatic rings. The summed E-state index contributed by atoms with van der Waals surface area (Å²) >= 11 is 0. The summed E-state index contributed by atoms with van der Waals surface area (Å²) in [5, 5.41) is 2.62. The van der Waals surface area contributed by atoms with Gasteiger partial charge in [0.25, 0.3) is 0 Å². The van der Waals surface area contributed by atoms with E-state index in [9.17, 15) is 13.2 Å². The average Bonchev–Trinajstić information content (AvgIpc) is 2.40. The van der Waals surface area contributed by atoms with Crippen molar-refractivity contribution >= 4 is 5.82 Å². The number of nitrogens with one attached hydrogen (secondary N) is 1. The van der Waals surface area contributed by atoms with Gasteiger partial charge in [0.05, 0.1) is 5.56 Å². The topological polar surface area (TPSA) is 37.4 Å². The molecule has 1 N–H and O–H groups in total. The van der Waals surface area contributed by atoms with Crippen LogP contribution in [0.2, 0.25) is 0 Å². The molecule has 1 saturated heterocycles. The number of anilines is 1. The highest BCUT2D eigenvalue weighted by atomic mass is 19.4. The summed E-state index contributed by atoms with van der Waals surface area (Å²) in [4.78, 5) is 6.20. The lowest BCUT2D eigenvalue weighted by Gasteiger charge is -2.29. The Labute approximate surface area is 115 Å². The van der Waals surface area contributed by atoms with Crippen LogP contribution in [0.3, 0.4) is 0 Å². The predicted molar refractivity (Wildman–Crippen MR) is 69.9 cm³/mol. The molecule has 0 atom stereocenters. The molecule has 0 amide bonds. The molecule has 2 heterocycles. The first-order valence-corrected chi connectivity index (χ1v) is 6.50. The lowest BCUT2D eigenvalue weighted by atomic mass is 10.1. The number of nitrogens with zero attached hydrogens (tertiary/aromatic N) is 2. The number of halogens is 3. The van der Waals surface area contributed by atoms with Gasteiger partial charge in [0.2, 0.25) is 5.88 Å². The molecule has 1 aromatic heterocycles. The van der Waals surface area contributed by atoms with Gasteiger partial charge in [0.15, 0.2) is 0 Å². The maximum Gasteiger partial charge on any atom is 0.416 e. The van der Waals surface area contributed by atoms with Crippen LogP contribution < -0.4 is 10.1 Å². The van der Waals surface area contributed by atoms with Gasteiger partial charge in [-0.25, -0.2) is 0 Å². The summed E-state index contributed by atoms with van der Waals surface area (Å²) < 4.78 is 44.0. The second kappa shape index (κ2) is 5.87. The first kappa shape index (κ1) is 14.9. The minimum absolute atomic E-state index is 0.0266. The Balaban J connectivity index is 2.14. The fourth-order valence-electron chi connectivity index (χ4n) is 2.13. The van der Waals surface area contributed by atoms with Crippen LogP contribution in [0.1, 0.15) is 18.4 Å². The van der Waals surface area contributed by atoms with Crippen molar-refractivity contribution in [2.24, 2.45) is 0 Å². The fourth-order valence-corrected chi connectivity index (χ4v) is 2.13. The monoisotopic (exact) mass is 289 g/mol. The molecule has 0 spiro atoms. The van der Waals surface area contributed by atoms with Crippen molar-refractivity contribution in [2.45, 2.75) is 25.1 Å². The smallest absolute Gasteiger partial charge is 0.416 e. The Morgan fingerprint density at radius 1 is 1.30 bits per heavy atom. The van der Waals surface area contributed by atoms with E-state index >= 15 is 0 Å². The second-order valence-corrected chi connectivity index (χ2v) is 4.95. The van der Waals surface area contributed by atoms with E-state index in [4.69, 9.17) is 4.74 Å². The third-order valence-electron chi connectivity index (χ3n) is 3.34. The summed E-state index contributed by atoms with van der Waals surface area (Å²) in [5.41, 5.74) is -0.750. The van der Waals surface area contributed by atoms with Gasteiger partial charge in [0.1, 0.15) is 11.9 Å². The van der Waals surface area contributed by atoms with Crippen molar-refractivity contribution in [2.75, 3.05) is 32.5 Å². The van der Waals surface area contributed by atoms with Gasteiger partial charge >= 0.3 is 6.18 Å². The van der Waals surface area contributed by atoms with Crippen LogP contribution in [0.25, 0.3) is 0 Å². The van der Waals surface area contributed by atoms with Crippen LogP contribution in [-0.4, -0.2) is 43.2 Å². The van der Waals surface area contributed by atoms with Gasteiger partial charge in [-0.15, -0.1) is 0 Å². The van der Waals surface area contributed by atoms with Gasteiger partial charge in [-0.05, 0) is 26.0 Å². The third kappa shape index (κ3) is 3.75. The summed E-state index contributed by atoms with van der Waals surface area (Å²) in [7, 11) is 3.54. The largest absolute Gasteiger partial charge is 0.474 e. The summed E-state index contributed by atoms with van der Waals surface area (Å²) in [5.74, 6) is 0.182. The van der Waals surface area contributed by atoms with E-state index in [1.54, 1.807) is 0 Å². The first-order valence-electron chi connectivity index (χ1n) is 6.50. The van der Waals surface area contributed by atoms with Crippen molar-refractivity contribution in [3.05, 3.63) is 17.7 Å². The number of rotatable bonds is 3. The maximum atomic E-state index is 12.8. The zero-order chi connectivity index (χ0) is 14.8. The number of hydrogen-bond acceptors (Lipinski definition) is 4. The average molecular weight is 289 g/mol. The zero-order valence-electron chi connectivity index (χ0n) is 11.5. The van der Waals surface area contributed by atoms with Crippen molar-refractivity contribution in [3.63, 3.8) is 0 Å². The minimum atomic E-state index is -4.40. The van der Waals surface area contributed by atoms with Crippen LogP contribution in [0.15, 0.2) is 12.1 Å². The lowest BCUT2D eigenvalue weighted by molar-refractivity contribution is -0.137. The Hall–Kier alpha value is -1.50. The van der Waals surface area contributed by atoms with Crippen molar-refractivity contribution in [1.29, 1.82) is 0 Å². The van der Waals surface area contributed by atoms with E-state index in [1.165, 1.54) is 7.05 Å². The van der Waals surface area contributed by atoms with Crippen LogP contribution in [0.4, 0.5) is 19.0 Å². The normalized spacial score (nSPS) is 18.1. The number of likely N-dealkylation sites (tertiary alicyclic amines) is 1. The molecule has 0 aliphatic carbocycles. The molecule has 4 nitrogen and oxygen atoms in total. The molecule has 0 aromatic carbocycles. The van der Waals surface area contributed by atoms with Gasteiger partial charge in [-0.1, -0.05) is 0 Å². The van der Waals surface area contributed by atoms with Gasteiger partial charge in [0, 0.05) is 26.2 Å². The second-order valence-electron chi connectivity index (χ2n) is 4.95. The lowest BCUT2D eigenvalue weighted by Crippen LogP contribution is -2.35. The van der Waals surface area contributed by atoms with E-state index in [0.717, 1.165) is 38.1 Å². The molecule has 0 saturated carbocycles. The van der Waals surface area contributed by atoms with E-state index in [0.29, 0.717) is 0 Å². The standard InChI is InChI=1S/C13H18F3N3O/c1-17-11-7-9(13(14,15)16)8-12(18-11)20-10-3-5-19(2)6-4-10/h7-8,10H,3-6H2,1-2H3,(H,17,18). The summed E-state index contributed by atoms with van der Waals surface area (Å²) in [6, 6.07) is 1.93. The zero-order valence-corrected chi connectivity index (χ0v) is 11.5. The number of ether oxygens (including phenoxy) is 1. The maximum absolute atomic E-state index is 12.8. The highest BCUT2D eigenvalue weighted by Crippen LogP contribution is 2.33. The Kier molecular flexibility index (Phi) is 4.37. The van der Waals surface area contributed by atoms with E-state index in [1.807, 2.05) is 7.05 Å². The summed E-state index contributed by atoms with van der Waals surface area (Å²) in [6.07, 6.45) is -2.89. The molecule has 2 rings (SSSR count). The van der Waals surface area contributed by atoms with Crippen LogP contribution in [0.5, 0.6) is 5.88 Å². The Morgan fingerprint density at radius 3 is 2.50 bits per heavy atom. The van der Waals surface area contributed by atoms with Gasteiger partial charge in [-0.2, -0.15) is 18.2 Å². The first-order chi connectivity index (χ1) is 9.38. The molecule has 0 unspecified atom stereocenters. The molecule has 112 valence electrons. The molecule has 1 fully saturated rings. The molecule has 7 heteroatoms. The number of hydrogen-bond donors (Lipinski definition) is 1. The van der Waals surface area contributed by atoms with E-state index in [2.05, 4.69) is 15.2 Å². The number of piperidine rings is 1. The molecule has 0 radical (unpaired) electrons. The molecular formula is C13H18F3N3O.